The quantitative estimate of drug-likeness (QED) is 0.679. The molecule has 2 rings (SSSR count). The molecule has 0 aliphatic heterocycles. The second-order valence-corrected chi connectivity index (χ2v) is 3.89. The molecule has 72 valence electrons. The number of hydrogen-bond donors (Lipinski definition) is 0. The first kappa shape index (κ1) is 9.56. The third kappa shape index (κ3) is 1.41. The first-order valence-corrected chi connectivity index (χ1v) is 4.80. The molecule has 0 aliphatic carbocycles. The van der Waals surface area contributed by atoms with Crippen LogP contribution in [0, 0.1) is 0 Å². The molecule has 1 aromatic heterocycles. The Kier molecular flexibility index (Phi) is 2.25. The van der Waals surface area contributed by atoms with Gasteiger partial charge in [-0.3, -0.25) is 4.79 Å². The van der Waals surface area contributed by atoms with Gasteiger partial charge in [-0.15, -0.1) is 0 Å². The molecule has 1 aromatic carbocycles. The Labute approximate surface area is 90.7 Å². The normalized spacial score (nSPS) is 10.8. The molecule has 1 heterocycles. The van der Waals surface area contributed by atoms with Crippen LogP contribution in [0.1, 0.15) is 0 Å². The van der Waals surface area contributed by atoms with Gasteiger partial charge in [0.25, 0.3) is 5.56 Å². The molecular formula is C10H7Cl2NO. The lowest BCUT2D eigenvalue weighted by molar-refractivity contribution is 0.906. The fraction of sp³-hybridized carbons (Fsp3) is 0.100. The summed E-state index contributed by atoms with van der Waals surface area (Å²) in [6.45, 7) is 0. The highest BCUT2D eigenvalue weighted by atomic mass is 35.5. The van der Waals surface area contributed by atoms with Gasteiger partial charge in [0.2, 0.25) is 0 Å². The highest BCUT2D eigenvalue weighted by Gasteiger charge is 2.04. The predicted molar refractivity (Wildman–Crippen MR) is 59.2 cm³/mol. The van der Waals surface area contributed by atoms with Crippen molar-refractivity contribution >= 4 is 34.1 Å². The van der Waals surface area contributed by atoms with Gasteiger partial charge in [0.15, 0.2) is 0 Å². The average Bonchev–Trinajstić information content (AvgIpc) is 2.14. The number of nitrogens with zero attached hydrogens (tertiary/aromatic N) is 1. The van der Waals surface area contributed by atoms with Crippen LogP contribution in [0.3, 0.4) is 0 Å². The third-order valence-electron chi connectivity index (χ3n) is 2.16. The molecule has 0 spiro atoms. The van der Waals surface area contributed by atoms with E-state index in [0.29, 0.717) is 10.0 Å². The number of aromatic nitrogens is 1. The Morgan fingerprint density at radius 1 is 1.21 bits per heavy atom. The minimum absolute atomic E-state index is 0.121. The van der Waals surface area contributed by atoms with E-state index in [0.717, 1.165) is 10.9 Å². The van der Waals surface area contributed by atoms with Gasteiger partial charge >= 0.3 is 0 Å². The highest BCUT2D eigenvalue weighted by Crippen LogP contribution is 2.24. The third-order valence-corrected chi connectivity index (χ3v) is 2.71. The predicted octanol–water partition coefficient (Wildman–Crippen LogP) is 2.85. The molecule has 0 fully saturated rings. The minimum Gasteiger partial charge on any atom is -0.311 e. The van der Waals surface area contributed by atoms with Gasteiger partial charge in [-0.05, 0) is 18.2 Å². The summed E-state index contributed by atoms with van der Waals surface area (Å²) < 4.78 is 1.54. The Morgan fingerprint density at radius 2 is 1.93 bits per heavy atom. The lowest BCUT2D eigenvalue weighted by atomic mass is 10.2. The van der Waals surface area contributed by atoms with E-state index < -0.39 is 0 Å². The van der Waals surface area contributed by atoms with Crippen LogP contribution in [-0.2, 0) is 7.05 Å². The molecule has 0 atom stereocenters. The van der Waals surface area contributed by atoms with Crippen molar-refractivity contribution in [2.24, 2.45) is 7.05 Å². The smallest absolute Gasteiger partial charge is 0.252 e. The van der Waals surface area contributed by atoms with Gasteiger partial charge in [0, 0.05) is 23.5 Å². The topological polar surface area (TPSA) is 22.0 Å². The highest BCUT2D eigenvalue weighted by molar-refractivity contribution is 6.36. The van der Waals surface area contributed by atoms with Crippen LogP contribution in [0.5, 0.6) is 0 Å². The number of fused-ring (bicyclic) bond motifs is 1. The van der Waals surface area contributed by atoms with Crippen LogP contribution in [0.2, 0.25) is 10.0 Å². The standard InChI is InChI=1S/C10H7Cl2NO/c1-13-9-3-2-6(11)4-7(9)8(12)5-10(13)14/h2-5H,1H3. The first-order chi connectivity index (χ1) is 6.59. The van der Waals surface area contributed by atoms with Crippen molar-refractivity contribution in [1.82, 2.24) is 4.57 Å². The van der Waals surface area contributed by atoms with Gasteiger partial charge in [-0.1, -0.05) is 23.2 Å². The number of benzene rings is 1. The fourth-order valence-electron chi connectivity index (χ4n) is 1.39. The van der Waals surface area contributed by atoms with E-state index in [1.807, 2.05) is 0 Å². The van der Waals surface area contributed by atoms with Crippen molar-refractivity contribution in [3.05, 3.63) is 44.7 Å². The molecule has 0 aliphatic rings. The fourth-order valence-corrected chi connectivity index (χ4v) is 1.81. The Bertz CT molecular complexity index is 560. The van der Waals surface area contributed by atoms with E-state index >= 15 is 0 Å². The van der Waals surface area contributed by atoms with Gasteiger partial charge < -0.3 is 4.57 Å². The molecule has 2 nitrogen and oxygen atoms in total. The maximum Gasteiger partial charge on any atom is 0.252 e. The van der Waals surface area contributed by atoms with Crippen LogP contribution in [0.4, 0.5) is 0 Å². The van der Waals surface area contributed by atoms with Crippen LogP contribution in [-0.4, -0.2) is 4.57 Å². The van der Waals surface area contributed by atoms with Crippen molar-refractivity contribution in [3.8, 4) is 0 Å². The molecule has 0 amide bonds. The summed E-state index contributed by atoms with van der Waals surface area (Å²) in [5.74, 6) is 0. The SMILES string of the molecule is Cn1c(=O)cc(Cl)c2cc(Cl)ccc21. The molecule has 0 saturated heterocycles. The molecule has 0 bridgehead atoms. The maximum absolute atomic E-state index is 11.4. The van der Waals surface area contributed by atoms with E-state index in [1.165, 1.54) is 10.6 Å². The van der Waals surface area contributed by atoms with Crippen LogP contribution in [0.15, 0.2) is 29.1 Å². The summed E-state index contributed by atoms with van der Waals surface area (Å²) in [7, 11) is 1.70. The van der Waals surface area contributed by atoms with E-state index in [-0.39, 0.29) is 5.56 Å². The summed E-state index contributed by atoms with van der Waals surface area (Å²) in [5, 5.41) is 1.84. The second-order valence-electron chi connectivity index (χ2n) is 3.05. The van der Waals surface area contributed by atoms with Crippen molar-refractivity contribution in [2.45, 2.75) is 0 Å². The number of aryl methyl sites for hydroxylation is 1. The van der Waals surface area contributed by atoms with Gasteiger partial charge in [0.1, 0.15) is 0 Å². The first-order valence-electron chi connectivity index (χ1n) is 4.04. The zero-order chi connectivity index (χ0) is 10.3. The van der Waals surface area contributed by atoms with E-state index in [2.05, 4.69) is 0 Å². The van der Waals surface area contributed by atoms with Gasteiger partial charge in [0.05, 0.1) is 10.5 Å². The van der Waals surface area contributed by atoms with E-state index in [9.17, 15) is 4.79 Å². The molecule has 0 unspecified atom stereocenters. The van der Waals surface area contributed by atoms with Crippen LogP contribution in [0.25, 0.3) is 10.9 Å². The largest absolute Gasteiger partial charge is 0.311 e. The number of pyridine rings is 1. The zero-order valence-electron chi connectivity index (χ0n) is 7.42. The summed E-state index contributed by atoms with van der Waals surface area (Å²) in [6.07, 6.45) is 0. The Balaban J connectivity index is 3.02. The average molecular weight is 228 g/mol. The van der Waals surface area contributed by atoms with Gasteiger partial charge in [-0.2, -0.15) is 0 Å². The Hall–Kier alpha value is -0.990. The molecule has 14 heavy (non-hydrogen) atoms. The lowest BCUT2D eigenvalue weighted by Gasteiger charge is -2.05. The molecule has 0 radical (unpaired) electrons. The summed E-state index contributed by atoms with van der Waals surface area (Å²) in [6, 6.07) is 6.66. The van der Waals surface area contributed by atoms with Gasteiger partial charge in [-0.25, -0.2) is 0 Å². The molecule has 4 heteroatoms. The second kappa shape index (κ2) is 3.30. The number of rotatable bonds is 0. The number of hydrogen-bond acceptors (Lipinski definition) is 1. The minimum atomic E-state index is -0.121. The molecule has 0 saturated carbocycles. The molecule has 2 aromatic rings. The molecular weight excluding hydrogens is 221 g/mol. The Morgan fingerprint density at radius 3 is 2.64 bits per heavy atom. The van der Waals surface area contributed by atoms with Crippen molar-refractivity contribution in [2.75, 3.05) is 0 Å². The molecule has 0 N–H and O–H groups in total. The summed E-state index contributed by atoms with van der Waals surface area (Å²) in [5.41, 5.74) is 0.664. The van der Waals surface area contributed by atoms with Crippen LogP contribution >= 0.6 is 23.2 Å². The number of halogens is 2. The zero-order valence-corrected chi connectivity index (χ0v) is 8.93. The van der Waals surface area contributed by atoms with E-state index in [4.69, 9.17) is 23.2 Å². The van der Waals surface area contributed by atoms with Crippen molar-refractivity contribution in [1.29, 1.82) is 0 Å². The summed E-state index contributed by atoms with van der Waals surface area (Å²) in [4.78, 5) is 11.4. The van der Waals surface area contributed by atoms with E-state index in [1.54, 1.807) is 25.2 Å². The van der Waals surface area contributed by atoms with Crippen molar-refractivity contribution in [3.63, 3.8) is 0 Å². The van der Waals surface area contributed by atoms with Crippen molar-refractivity contribution < 1.29 is 0 Å². The van der Waals surface area contributed by atoms with Crippen LogP contribution < -0.4 is 5.56 Å². The maximum atomic E-state index is 11.4. The monoisotopic (exact) mass is 227 g/mol. The summed E-state index contributed by atoms with van der Waals surface area (Å²) >= 11 is 11.8. The lowest BCUT2D eigenvalue weighted by Crippen LogP contribution is -2.15.